The summed E-state index contributed by atoms with van der Waals surface area (Å²) in [4.78, 5) is 53.6. The van der Waals surface area contributed by atoms with E-state index in [-0.39, 0.29) is 43.2 Å². The van der Waals surface area contributed by atoms with Gasteiger partial charge in [-0.1, -0.05) is 12.1 Å². The summed E-state index contributed by atoms with van der Waals surface area (Å²) in [6.45, 7) is 3.57. The van der Waals surface area contributed by atoms with Crippen molar-refractivity contribution in [2.75, 3.05) is 39.3 Å². The molecular formula is C21H26FN3O5. The summed E-state index contributed by atoms with van der Waals surface area (Å²) in [7, 11) is 0. The van der Waals surface area contributed by atoms with Crippen molar-refractivity contribution >= 4 is 23.7 Å². The van der Waals surface area contributed by atoms with Crippen molar-refractivity contribution < 1.29 is 28.3 Å². The first-order valence-corrected chi connectivity index (χ1v) is 10.2. The van der Waals surface area contributed by atoms with Gasteiger partial charge < -0.3 is 19.4 Å². The highest BCUT2D eigenvalue weighted by molar-refractivity contribution is 6.35. The SMILES string of the molecule is CCOC(=O)C1CCN(C(=O)CN2CCN(Cc3ccc(F)cc3)C(=O)C2=O)CC1. The number of ether oxygens (including phenoxy) is 1. The maximum absolute atomic E-state index is 13.0. The first kappa shape index (κ1) is 21.7. The first-order valence-electron chi connectivity index (χ1n) is 10.2. The molecule has 1 aromatic carbocycles. The number of hydrogen-bond acceptors (Lipinski definition) is 5. The Morgan fingerprint density at radius 3 is 2.23 bits per heavy atom. The summed E-state index contributed by atoms with van der Waals surface area (Å²) in [5.41, 5.74) is 0.728. The number of halogens is 1. The molecule has 0 radical (unpaired) electrons. The van der Waals surface area contributed by atoms with Crippen LogP contribution < -0.4 is 0 Å². The van der Waals surface area contributed by atoms with Crippen LogP contribution in [0.5, 0.6) is 0 Å². The zero-order valence-corrected chi connectivity index (χ0v) is 17.0. The molecular weight excluding hydrogens is 393 g/mol. The van der Waals surface area contributed by atoms with Gasteiger partial charge in [-0.2, -0.15) is 0 Å². The molecule has 2 aliphatic rings. The topological polar surface area (TPSA) is 87.2 Å². The van der Waals surface area contributed by atoms with Gasteiger partial charge in [0.1, 0.15) is 12.4 Å². The molecule has 0 aliphatic carbocycles. The van der Waals surface area contributed by atoms with Crippen LogP contribution in [0.4, 0.5) is 4.39 Å². The summed E-state index contributed by atoms with van der Waals surface area (Å²) in [6, 6.07) is 5.76. The van der Waals surface area contributed by atoms with Crippen LogP contribution in [-0.2, 0) is 30.5 Å². The second-order valence-corrected chi connectivity index (χ2v) is 7.49. The van der Waals surface area contributed by atoms with E-state index in [1.165, 1.54) is 21.9 Å². The van der Waals surface area contributed by atoms with Crippen LogP contribution in [0.2, 0.25) is 0 Å². The molecule has 8 nitrogen and oxygen atoms in total. The molecule has 3 amide bonds. The second-order valence-electron chi connectivity index (χ2n) is 7.49. The summed E-state index contributed by atoms with van der Waals surface area (Å²) in [5, 5.41) is 0. The molecule has 2 aliphatic heterocycles. The summed E-state index contributed by atoms with van der Waals surface area (Å²) in [5.74, 6) is -2.41. The lowest BCUT2D eigenvalue weighted by atomic mass is 9.97. The molecule has 0 spiro atoms. The number of piperidine rings is 1. The zero-order chi connectivity index (χ0) is 21.7. The molecule has 1 aromatic rings. The summed E-state index contributed by atoms with van der Waals surface area (Å²) >= 11 is 0. The van der Waals surface area contributed by atoms with Gasteiger partial charge in [-0.3, -0.25) is 19.2 Å². The minimum Gasteiger partial charge on any atom is -0.466 e. The van der Waals surface area contributed by atoms with Gasteiger partial charge in [-0.25, -0.2) is 4.39 Å². The summed E-state index contributed by atoms with van der Waals surface area (Å²) < 4.78 is 18.1. The van der Waals surface area contributed by atoms with Gasteiger partial charge in [0.2, 0.25) is 5.91 Å². The Morgan fingerprint density at radius 1 is 1.00 bits per heavy atom. The average Bonchev–Trinajstić information content (AvgIpc) is 2.75. The summed E-state index contributed by atoms with van der Waals surface area (Å²) in [6.07, 6.45) is 1.06. The fourth-order valence-electron chi connectivity index (χ4n) is 3.71. The molecule has 0 aromatic heterocycles. The van der Waals surface area contributed by atoms with Crippen molar-refractivity contribution in [3.05, 3.63) is 35.6 Å². The maximum Gasteiger partial charge on any atom is 0.312 e. The number of likely N-dealkylation sites (tertiary alicyclic amines) is 1. The predicted octanol–water partition coefficient (Wildman–Crippen LogP) is 0.798. The molecule has 162 valence electrons. The van der Waals surface area contributed by atoms with E-state index in [1.807, 2.05) is 0 Å². The van der Waals surface area contributed by atoms with Gasteiger partial charge >= 0.3 is 17.8 Å². The number of carbonyl (C=O) groups excluding carboxylic acids is 4. The van der Waals surface area contributed by atoms with Crippen molar-refractivity contribution in [3.63, 3.8) is 0 Å². The molecule has 2 fully saturated rings. The number of amides is 3. The third kappa shape index (κ3) is 5.14. The number of piperazine rings is 1. The molecule has 0 atom stereocenters. The fraction of sp³-hybridized carbons (Fsp3) is 0.524. The third-order valence-electron chi connectivity index (χ3n) is 5.48. The van der Waals surface area contributed by atoms with E-state index in [1.54, 1.807) is 24.0 Å². The Bertz CT molecular complexity index is 805. The average molecular weight is 419 g/mol. The van der Waals surface area contributed by atoms with E-state index in [9.17, 15) is 23.6 Å². The highest BCUT2D eigenvalue weighted by atomic mass is 19.1. The highest BCUT2D eigenvalue weighted by Gasteiger charge is 2.35. The van der Waals surface area contributed by atoms with Crippen molar-refractivity contribution in [2.24, 2.45) is 5.92 Å². The van der Waals surface area contributed by atoms with Crippen LogP contribution in [0.15, 0.2) is 24.3 Å². The van der Waals surface area contributed by atoms with Crippen LogP contribution >= 0.6 is 0 Å². The van der Waals surface area contributed by atoms with Gasteiger partial charge in [0, 0.05) is 32.7 Å². The Labute approximate surface area is 174 Å². The molecule has 0 unspecified atom stereocenters. The van der Waals surface area contributed by atoms with Crippen molar-refractivity contribution in [1.82, 2.24) is 14.7 Å². The Morgan fingerprint density at radius 2 is 1.60 bits per heavy atom. The smallest absolute Gasteiger partial charge is 0.312 e. The van der Waals surface area contributed by atoms with Crippen molar-refractivity contribution in [2.45, 2.75) is 26.3 Å². The fourth-order valence-corrected chi connectivity index (χ4v) is 3.71. The van der Waals surface area contributed by atoms with Gasteiger partial charge in [-0.15, -0.1) is 0 Å². The maximum atomic E-state index is 13.0. The van der Waals surface area contributed by atoms with Crippen LogP contribution in [0.3, 0.4) is 0 Å². The van der Waals surface area contributed by atoms with E-state index in [0.717, 1.165) is 5.56 Å². The lowest BCUT2D eigenvalue weighted by Gasteiger charge is -2.36. The predicted molar refractivity (Wildman–Crippen MR) is 104 cm³/mol. The zero-order valence-electron chi connectivity index (χ0n) is 17.0. The normalized spacial score (nSPS) is 18.0. The van der Waals surface area contributed by atoms with Crippen LogP contribution in [-0.4, -0.2) is 77.7 Å². The molecule has 9 heteroatoms. The lowest BCUT2D eigenvalue weighted by molar-refractivity contribution is -0.158. The molecule has 0 saturated carbocycles. The monoisotopic (exact) mass is 419 g/mol. The van der Waals surface area contributed by atoms with Gasteiger partial charge in [-0.05, 0) is 37.5 Å². The van der Waals surface area contributed by atoms with E-state index >= 15 is 0 Å². The lowest BCUT2D eigenvalue weighted by Crippen LogP contribution is -2.56. The molecule has 3 rings (SSSR count). The van der Waals surface area contributed by atoms with Gasteiger partial charge in [0.15, 0.2) is 0 Å². The Hall–Kier alpha value is -2.97. The van der Waals surface area contributed by atoms with Gasteiger partial charge in [0.25, 0.3) is 0 Å². The van der Waals surface area contributed by atoms with Crippen LogP contribution in [0.1, 0.15) is 25.3 Å². The number of benzene rings is 1. The third-order valence-corrected chi connectivity index (χ3v) is 5.48. The Kier molecular flexibility index (Phi) is 7.02. The molecule has 30 heavy (non-hydrogen) atoms. The highest BCUT2D eigenvalue weighted by Crippen LogP contribution is 2.19. The van der Waals surface area contributed by atoms with E-state index < -0.39 is 11.8 Å². The minimum atomic E-state index is -0.710. The number of rotatable bonds is 6. The number of hydrogen-bond donors (Lipinski definition) is 0. The standard InChI is InChI=1S/C21H26FN3O5/c1-2-30-21(29)16-7-9-23(10-8-16)18(26)14-25-12-11-24(19(27)20(25)28)13-15-3-5-17(22)6-4-15/h3-6,16H,2,7-14H2,1H3. The Balaban J connectivity index is 1.49. The van der Waals surface area contributed by atoms with Crippen molar-refractivity contribution in [1.29, 1.82) is 0 Å². The van der Waals surface area contributed by atoms with Crippen LogP contribution in [0, 0.1) is 11.7 Å². The molecule has 2 saturated heterocycles. The van der Waals surface area contributed by atoms with E-state index in [4.69, 9.17) is 4.74 Å². The number of esters is 1. The number of carbonyl (C=O) groups is 4. The van der Waals surface area contributed by atoms with Gasteiger partial charge in [0.05, 0.1) is 12.5 Å². The van der Waals surface area contributed by atoms with E-state index in [0.29, 0.717) is 39.1 Å². The van der Waals surface area contributed by atoms with Crippen molar-refractivity contribution in [3.8, 4) is 0 Å². The second kappa shape index (κ2) is 9.69. The molecule has 0 bridgehead atoms. The number of nitrogens with zero attached hydrogens (tertiary/aromatic N) is 3. The first-order chi connectivity index (χ1) is 14.4. The van der Waals surface area contributed by atoms with E-state index in [2.05, 4.69) is 0 Å². The quantitative estimate of drug-likeness (QED) is 0.503. The largest absolute Gasteiger partial charge is 0.466 e. The molecule has 0 N–H and O–H groups in total. The minimum absolute atomic E-state index is 0.154. The van der Waals surface area contributed by atoms with Crippen LogP contribution in [0.25, 0.3) is 0 Å². The molecule has 2 heterocycles.